The zero-order valence-corrected chi connectivity index (χ0v) is 15.0. The summed E-state index contributed by atoms with van der Waals surface area (Å²) in [5.74, 6) is -0.404. The number of hydrogen-bond acceptors (Lipinski definition) is 4. The minimum atomic E-state index is -3.94. The highest BCUT2D eigenvalue weighted by Crippen LogP contribution is 2.38. The lowest BCUT2D eigenvalue weighted by molar-refractivity contribution is -0.126. The van der Waals surface area contributed by atoms with Gasteiger partial charge in [-0.3, -0.25) is 9.59 Å². The van der Waals surface area contributed by atoms with E-state index in [1.807, 2.05) is 0 Å². The van der Waals surface area contributed by atoms with Crippen LogP contribution in [0, 0.1) is 0 Å². The normalized spacial score (nSPS) is 26.6. The first-order valence-electron chi connectivity index (χ1n) is 8.31. The van der Waals surface area contributed by atoms with E-state index in [-0.39, 0.29) is 27.8 Å². The number of amides is 2. The van der Waals surface area contributed by atoms with E-state index in [0.717, 1.165) is 5.56 Å². The Morgan fingerprint density at radius 3 is 2.76 bits per heavy atom. The SMILES string of the molecule is O=C1CCCc2cc(Cl)c(S(=O)(=O)N3C4CCC3C(=O)NC4)cc2N1. The third-order valence-electron chi connectivity index (χ3n) is 5.09. The van der Waals surface area contributed by atoms with Crippen molar-refractivity contribution >= 4 is 39.1 Å². The standard InChI is InChI=1S/C16H18ClN3O4S/c17-11-6-9-2-1-3-15(21)19-12(9)7-14(11)25(23,24)20-10-4-5-13(20)16(22)18-8-10/h6-7,10,13H,1-5,8H2,(H,18,22)(H,19,21). The van der Waals surface area contributed by atoms with Crippen LogP contribution in [-0.4, -0.2) is 43.2 Å². The van der Waals surface area contributed by atoms with Gasteiger partial charge >= 0.3 is 0 Å². The number of halogens is 1. The number of nitrogens with zero attached hydrogens (tertiary/aromatic N) is 1. The third-order valence-corrected chi connectivity index (χ3v) is 7.52. The van der Waals surface area contributed by atoms with Gasteiger partial charge in [0, 0.05) is 24.7 Å². The smallest absolute Gasteiger partial charge is 0.245 e. The summed E-state index contributed by atoms with van der Waals surface area (Å²) in [5, 5.41) is 5.62. The van der Waals surface area contributed by atoms with Crippen molar-refractivity contribution in [1.82, 2.24) is 9.62 Å². The second-order valence-electron chi connectivity index (χ2n) is 6.67. The second kappa shape index (κ2) is 5.96. The fourth-order valence-corrected chi connectivity index (χ4v) is 6.27. The summed E-state index contributed by atoms with van der Waals surface area (Å²) in [7, 11) is -3.94. The Hall–Kier alpha value is -1.64. The molecule has 1 aromatic carbocycles. The van der Waals surface area contributed by atoms with Gasteiger partial charge in [-0.1, -0.05) is 11.6 Å². The van der Waals surface area contributed by atoms with E-state index in [1.54, 1.807) is 6.07 Å². The third kappa shape index (κ3) is 2.72. The molecule has 2 unspecified atom stereocenters. The Bertz CT molecular complexity index is 870. The lowest BCUT2D eigenvalue weighted by Gasteiger charge is -2.33. The zero-order valence-electron chi connectivity index (χ0n) is 13.4. The van der Waals surface area contributed by atoms with E-state index in [4.69, 9.17) is 11.6 Å². The van der Waals surface area contributed by atoms with Crippen LogP contribution in [0.1, 0.15) is 31.2 Å². The van der Waals surface area contributed by atoms with E-state index >= 15 is 0 Å². The van der Waals surface area contributed by atoms with Crippen LogP contribution in [0.4, 0.5) is 5.69 Å². The number of nitrogens with one attached hydrogen (secondary N) is 2. The highest BCUT2D eigenvalue weighted by Gasteiger charge is 2.49. The van der Waals surface area contributed by atoms with E-state index < -0.39 is 16.1 Å². The molecule has 0 aromatic heterocycles. The number of anilines is 1. The Morgan fingerprint density at radius 1 is 1.16 bits per heavy atom. The van der Waals surface area contributed by atoms with Crippen molar-refractivity contribution in [2.24, 2.45) is 0 Å². The van der Waals surface area contributed by atoms with Gasteiger partial charge in [0.15, 0.2) is 0 Å². The minimum absolute atomic E-state index is 0.0540. The van der Waals surface area contributed by atoms with Gasteiger partial charge in [0.05, 0.1) is 5.02 Å². The van der Waals surface area contributed by atoms with Crippen molar-refractivity contribution in [3.63, 3.8) is 0 Å². The topological polar surface area (TPSA) is 95.6 Å². The van der Waals surface area contributed by atoms with E-state index in [9.17, 15) is 18.0 Å². The number of carbonyl (C=O) groups is 2. The molecule has 3 aliphatic rings. The molecule has 2 saturated heterocycles. The monoisotopic (exact) mass is 383 g/mol. The maximum absolute atomic E-state index is 13.2. The molecule has 3 aliphatic heterocycles. The highest BCUT2D eigenvalue weighted by atomic mass is 35.5. The molecular formula is C16H18ClN3O4S. The molecule has 1 aromatic rings. The van der Waals surface area contributed by atoms with E-state index in [1.165, 1.54) is 10.4 Å². The molecule has 2 N–H and O–H groups in total. The number of rotatable bonds is 2. The van der Waals surface area contributed by atoms with Gasteiger partial charge < -0.3 is 10.6 Å². The van der Waals surface area contributed by atoms with Crippen LogP contribution in [0.25, 0.3) is 0 Å². The molecule has 2 atom stereocenters. The average Bonchev–Trinajstić information content (AvgIpc) is 2.80. The molecule has 0 aliphatic carbocycles. The van der Waals surface area contributed by atoms with Crippen molar-refractivity contribution in [3.05, 3.63) is 22.7 Å². The predicted molar refractivity (Wildman–Crippen MR) is 91.9 cm³/mol. The molecule has 7 nitrogen and oxygen atoms in total. The number of hydrogen-bond donors (Lipinski definition) is 2. The molecule has 2 bridgehead atoms. The summed E-state index contributed by atoms with van der Waals surface area (Å²) in [6.07, 6.45) is 2.89. The first kappa shape index (κ1) is 16.8. The molecule has 4 rings (SSSR count). The van der Waals surface area contributed by atoms with E-state index in [2.05, 4.69) is 10.6 Å². The number of sulfonamides is 1. The lowest BCUT2D eigenvalue weighted by Crippen LogP contribution is -2.57. The number of carbonyl (C=O) groups excluding carboxylic acids is 2. The van der Waals surface area contributed by atoms with Crippen LogP contribution in [-0.2, 0) is 26.0 Å². The quantitative estimate of drug-likeness (QED) is 0.803. The van der Waals surface area contributed by atoms with Crippen molar-refractivity contribution < 1.29 is 18.0 Å². The van der Waals surface area contributed by atoms with Crippen LogP contribution in [0.5, 0.6) is 0 Å². The van der Waals surface area contributed by atoms with E-state index in [0.29, 0.717) is 44.3 Å². The van der Waals surface area contributed by atoms with Gasteiger partial charge in [-0.05, 0) is 43.4 Å². The summed E-state index contributed by atoms with van der Waals surface area (Å²) in [6, 6.07) is 2.11. The van der Waals surface area contributed by atoms with Crippen LogP contribution >= 0.6 is 11.6 Å². The number of fused-ring (bicyclic) bond motifs is 3. The zero-order chi connectivity index (χ0) is 17.8. The van der Waals surface area contributed by atoms with Gasteiger partial charge in [0.1, 0.15) is 10.9 Å². The summed E-state index contributed by atoms with van der Waals surface area (Å²) in [6.45, 7) is 0.313. The van der Waals surface area contributed by atoms with Crippen molar-refractivity contribution in [2.45, 2.75) is 49.1 Å². The second-order valence-corrected chi connectivity index (χ2v) is 8.89. The summed E-state index contributed by atoms with van der Waals surface area (Å²) >= 11 is 6.29. The molecular weight excluding hydrogens is 366 g/mol. The molecule has 2 amide bonds. The van der Waals surface area contributed by atoms with Crippen molar-refractivity contribution in [1.29, 1.82) is 0 Å². The summed E-state index contributed by atoms with van der Waals surface area (Å²) < 4.78 is 27.7. The van der Waals surface area contributed by atoms with Gasteiger partial charge in [-0.25, -0.2) is 8.42 Å². The largest absolute Gasteiger partial charge is 0.353 e. The highest BCUT2D eigenvalue weighted by molar-refractivity contribution is 7.89. The summed E-state index contributed by atoms with van der Waals surface area (Å²) in [5.41, 5.74) is 1.31. The molecule has 3 heterocycles. The first-order valence-corrected chi connectivity index (χ1v) is 10.1. The van der Waals surface area contributed by atoms with Crippen LogP contribution in [0.3, 0.4) is 0 Å². The maximum atomic E-state index is 13.2. The number of aryl methyl sites for hydroxylation is 1. The molecule has 0 saturated carbocycles. The van der Waals surface area contributed by atoms with Gasteiger partial charge in [-0.15, -0.1) is 0 Å². The van der Waals surface area contributed by atoms with Gasteiger partial charge in [-0.2, -0.15) is 4.31 Å². The molecule has 9 heteroatoms. The predicted octanol–water partition coefficient (Wildman–Crippen LogP) is 1.27. The summed E-state index contributed by atoms with van der Waals surface area (Å²) in [4.78, 5) is 23.8. The van der Waals surface area contributed by atoms with Crippen LogP contribution < -0.4 is 10.6 Å². The molecule has 25 heavy (non-hydrogen) atoms. The Labute approximate surface area is 150 Å². The fourth-order valence-electron chi connectivity index (χ4n) is 3.88. The van der Waals surface area contributed by atoms with Gasteiger partial charge in [0.2, 0.25) is 21.8 Å². The number of piperazine rings is 1. The fraction of sp³-hybridized carbons (Fsp3) is 0.500. The van der Waals surface area contributed by atoms with Crippen LogP contribution in [0.15, 0.2) is 17.0 Å². The van der Waals surface area contributed by atoms with Crippen molar-refractivity contribution in [2.75, 3.05) is 11.9 Å². The number of benzene rings is 1. The Morgan fingerprint density at radius 2 is 1.96 bits per heavy atom. The Kier molecular flexibility index (Phi) is 4.01. The molecule has 0 radical (unpaired) electrons. The van der Waals surface area contributed by atoms with Crippen LogP contribution in [0.2, 0.25) is 5.02 Å². The minimum Gasteiger partial charge on any atom is -0.353 e. The maximum Gasteiger partial charge on any atom is 0.245 e. The molecule has 0 spiro atoms. The van der Waals surface area contributed by atoms with Gasteiger partial charge in [0.25, 0.3) is 0 Å². The molecule has 2 fully saturated rings. The Balaban J connectivity index is 1.79. The lowest BCUT2D eigenvalue weighted by atomic mass is 10.1. The molecule has 134 valence electrons. The first-order chi connectivity index (χ1) is 11.9. The average molecular weight is 384 g/mol. The van der Waals surface area contributed by atoms with Crippen molar-refractivity contribution in [3.8, 4) is 0 Å².